The Kier molecular flexibility index (Phi) is 11.6. The van der Waals surface area contributed by atoms with Crippen LogP contribution in [-0.4, -0.2) is 62.6 Å². The SMILES string of the molecule is CCNC(=NCC1CCC(c2ccccc2)CC1)NC1CCN(CC(=O)NC)CC1.I. The van der Waals surface area contributed by atoms with E-state index in [2.05, 4.69) is 58.1 Å². The number of benzene rings is 1. The van der Waals surface area contributed by atoms with Crippen molar-refractivity contribution >= 4 is 35.8 Å². The van der Waals surface area contributed by atoms with Crippen LogP contribution in [0.25, 0.3) is 0 Å². The van der Waals surface area contributed by atoms with Gasteiger partial charge in [0.1, 0.15) is 0 Å². The molecule has 0 radical (unpaired) electrons. The highest BCUT2D eigenvalue weighted by Crippen LogP contribution is 2.35. The third-order valence-corrected chi connectivity index (χ3v) is 6.54. The highest BCUT2D eigenvalue weighted by atomic mass is 127. The van der Waals surface area contributed by atoms with Crippen molar-refractivity contribution in [3.05, 3.63) is 35.9 Å². The van der Waals surface area contributed by atoms with Crippen molar-refractivity contribution < 1.29 is 4.79 Å². The third-order valence-electron chi connectivity index (χ3n) is 6.54. The quantitative estimate of drug-likeness (QED) is 0.282. The zero-order valence-corrected chi connectivity index (χ0v) is 21.4. The van der Waals surface area contributed by atoms with Crippen LogP contribution in [0, 0.1) is 5.92 Å². The Bertz CT molecular complexity index is 668. The van der Waals surface area contributed by atoms with Crippen LogP contribution in [0.4, 0.5) is 0 Å². The van der Waals surface area contributed by atoms with Crippen LogP contribution in [-0.2, 0) is 4.79 Å². The maximum Gasteiger partial charge on any atom is 0.233 e. The van der Waals surface area contributed by atoms with Crippen LogP contribution in [0.15, 0.2) is 35.3 Å². The van der Waals surface area contributed by atoms with Crippen molar-refractivity contribution in [3.8, 4) is 0 Å². The molecule has 0 aromatic heterocycles. The van der Waals surface area contributed by atoms with Gasteiger partial charge in [0.2, 0.25) is 5.91 Å². The van der Waals surface area contributed by atoms with Crippen LogP contribution in [0.2, 0.25) is 0 Å². The second-order valence-electron chi connectivity index (χ2n) is 8.72. The van der Waals surface area contributed by atoms with Gasteiger partial charge in [-0.2, -0.15) is 0 Å². The normalized spacial score (nSPS) is 23.0. The van der Waals surface area contributed by atoms with Crippen molar-refractivity contribution in [3.63, 3.8) is 0 Å². The highest BCUT2D eigenvalue weighted by Gasteiger charge is 2.23. The number of hydrogen-bond donors (Lipinski definition) is 3. The number of halogens is 1. The number of nitrogens with one attached hydrogen (secondary N) is 3. The molecule has 0 bridgehead atoms. The monoisotopic (exact) mass is 541 g/mol. The van der Waals surface area contributed by atoms with Crippen LogP contribution in [0.3, 0.4) is 0 Å². The Morgan fingerprint density at radius 1 is 1.06 bits per heavy atom. The molecule has 3 N–H and O–H groups in total. The zero-order chi connectivity index (χ0) is 21.2. The van der Waals surface area contributed by atoms with E-state index in [9.17, 15) is 4.79 Å². The van der Waals surface area contributed by atoms with E-state index in [1.165, 1.54) is 31.2 Å². The molecule has 1 aromatic rings. The first-order valence-corrected chi connectivity index (χ1v) is 11.7. The van der Waals surface area contributed by atoms with Gasteiger partial charge in [0.15, 0.2) is 5.96 Å². The number of carbonyl (C=O) groups excluding carboxylic acids is 1. The molecule has 1 amide bonds. The van der Waals surface area contributed by atoms with Crippen molar-refractivity contribution in [2.24, 2.45) is 10.9 Å². The van der Waals surface area contributed by atoms with E-state index in [0.717, 1.165) is 50.9 Å². The molecule has 0 unspecified atom stereocenters. The fourth-order valence-electron chi connectivity index (χ4n) is 4.65. The van der Waals surface area contributed by atoms with Gasteiger partial charge in [-0.1, -0.05) is 30.3 Å². The number of guanidine groups is 1. The standard InChI is InChI=1S/C24H39N5O.HI/c1-3-26-24(28-22-13-15-29(16-14-22)18-23(30)25-2)27-17-19-9-11-21(12-10-19)20-7-5-4-6-8-20;/h4-8,19,21-22H,3,9-18H2,1-2H3,(H,25,30)(H2,26,27,28);1H. The van der Waals surface area contributed by atoms with E-state index < -0.39 is 0 Å². The predicted octanol–water partition coefficient (Wildman–Crippen LogP) is 3.34. The van der Waals surface area contributed by atoms with Gasteiger partial charge in [-0.25, -0.2) is 0 Å². The smallest absolute Gasteiger partial charge is 0.233 e. The summed E-state index contributed by atoms with van der Waals surface area (Å²) < 4.78 is 0. The lowest BCUT2D eigenvalue weighted by Gasteiger charge is -2.32. The summed E-state index contributed by atoms with van der Waals surface area (Å²) >= 11 is 0. The van der Waals surface area contributed by atoms with Gasteiger partial charge in [0.25, 0.3) is 0 Å². The number of hydrogen-bond acceptors (Lipinski definition) is 3. The number of piperidine rings is 1. The largest absolute Gasteiger partial charge is 0.358 e. The zero-order valence-electron chi connectivity index (χ0n) is 19.1. The molecule has 1 saturated heterocycles. The molecular weight excluding hydrogens is 501 g/mol. The number of amides is 1. The molecule has 0 spiro atoms. The van der Waals surface area contributed by atoms with Crippen LogP contribution >= 0.6 is 24.0 Å². The first-order chi connectivity index (χ1) is 14.7. The van der Waals surface area contributed by atoms with E-state index in [1.54, 1.807) is 7.05 Å². The second-order valence-corrected chi connectivity index (χ2v) is 8.72. The molecule has 174 valence electrons. The van der Waals surface area contributed by atoms with Crippen molar-refractivity contribution in [1.82, 2.24) is 20.9 Å². The van der Waals surface area contributed by atoms with Gasteiger partial charge < -0.3 is 16.0 Å². The van der Waals surface area contributed by atoms with E-state index >= 15 is 0 Å². The van der Waals surface area contributed by atoms with E-state index in [4.69, 9.17) is 4.99 Å². The Morgan fingerprint density at radius 2 is 1.74 bits per heavy atom. The van der Waals surface area contributed by atoms with Gasteiger partial charge in [-0.3, -0.25) is 14.7 Å². The van der Waals surface area contributed by atoms with Gasteiger partial charge in [-0.05, 0) is 62.8 Å². The number of aliphatic imine (C=N–C) groups is 1. The summed E-state index contributed by atoms with van der Waals surface area (Å²) in [5.41, 5.74) is 1.50. The molecule has 6 nitrogen and oxygen atoms in total. The molecule has 1 aromatic carbocycles. The van der Waals surface area contributed by atoms with E-state index in [1.807, 2.05) is 0 Å². The lowest BCUT2D eigenvalue weighted by atomic mass is 9.79. The first kappa shape index (κ1) is 25.9. The van der Waals surface area contributed by atoms with Crippen LogP contribution in [0.1, 0.15) is 56.9 Å². The minimum Gasteiger partial charge on any atom is -0.358 e. The molecule has 1 aliphatic heterocycles. The molecule has 0 atom stereocenters. The number of rotatable bonds is 7. The molecule has 1 saturated carbocycles. The molecular formula is C24H40IN5O. The highest BCUT2D eigenvalue weighted by molar-refractivity contribution is 14.0. The maximum absolute atomic E-state index is 11.6. The Balaban J connectivity index is 0.00000341. The maximum atomic E-state index is 11.6. The molecule has 2 fully saturated rings. The molecule has 3 rings (SSSR count). The van der Waals surface area contributed by atoms with Gasteiger partial charge in [0.05, 0.1) is 6.54 Å². The third kappa shape index (κ3) is 8.60. The minimum absolute atomic E-state index is 0. The second kappa shape index (κ2) is 13.9. The lowest BCUT2D eigenvalue weighted by molar-refractivity contribution is -0.122. The molecule has 7 heteroatoms. The molecule has 2 aliphatic rings. The number of nitrogens with zero attached hydrogens (tertiary/aromatic N) is 2. The summed E-state index contributed by atoms with van der Waals surface area (Å²) in [6, 6.07) is 11.4. The number of likely N-dealkylation sites (tertiary alicyclic amines) is 1. The van der Waals surface area contributed by atoms with Gasteiger partial charge in [-0.15, -0.1) is 24.0 Å². The summed E-state index contributed by atoms with van der Waals surface area (Å²) in [5.74, 6) is 2.46. The van der Waals surface area contributed by atoms with Gasteiger partial charge >= 0.3 is 0 Å². The minimum atomic E-state index is 0. The average Bonchev–Trinajstić information content (AvgIpc) is 2.80. The van der Waals surface area contributed by atoms with E-state index in [-0.39, 0.29) is 29.9 Å². The Labute approximate surface area is 205 Å². The fourth-order valence-corrected chi connectivity index (χ4v) is 4.65. The summed E-state index contributed by atoms with van der Waals surface area (Å²) in [6.45, 7) is 6.31. The fraction of sp³-hybridized carbons (Fsp3) is 0.667. The Morgan fingerprint density at radius 3 is 2.35 bits per heavy atom. The van der Waals surface area contributed by atoms with Crippen LogP contribution < -0.4 is 16.0 Å². The van der Waals surface area contributed by atoms with Gasteiger partial charge in [0, 0.05) is 39.3 Å². The molecule has 1 aliphatic carbocycles. The topological polar surface area (TPSA) is 68.8 Å². The molecule has 1 heterocycles. The number of likely N-dealkylation sites (N-methyl/N-ethyl adjacent to an activating group) is 1. The summed E-state index contributed by atoms with van der Waals surface area (Å²) in [4.78, 5) is 18.7. The number of carbonyl (C=O) groups is 1. The summed E-state index contributed by atoms with van der Waals surface area (Å²) in [5, 5.41) is 9.76. The summed E-state index contributed by atoms with van der Waals surface area (Å²) in [6.07, 6.45) is 7.17. The average molecular weight is 542 g/mol. The molecule has 31 heavy (non-hydrogen) atoms. The van der Waals surface area contributed by atoms with Crippen LogP contribution in [0.5, 0.6) is 0 Å². The van der Waals surface area contributed by atoms with Crippen molar-refractivity contribution in [1.29, 1.82) is 0 Å². The summed E-state index contributed by atoms with van der Waals surface area (Å²) in [7, 11) is 1.70. The lowest BCUT2D eigenvalue weighted by Crippen LogP contribution is -2.50. The Hall–Kier alpha value is -1.35. The van der Waals surface area contributed by atoms with Crippen molar-refractivity contribution in [2.45, 2.75) is 57.4 Å². The predicted molar refractivity (Wildman–Crippen MR) is 139 cm³/mol. The van der Waals surface area contributed by atoms with E-state index in [0.29, 0.717) is 18.5 Å². The van der Waals surface area contributed by atoms with Crippen molar-refractivity contribution in [2.75, 3.05) is 39.8 Å². The first-order valence-electron chi connectivity index (χ1n) is 11.7.